The zero-order valence-corrected chi connectivity index (χ0v) is 17.3. The van der Waals surface area contributed by atoms with Crippen molar-refractivity contribution in [3.63, 3.8) is 0 Å². The SMILES string of the molecule is CCOc1cc(-c2cc(Cc3cnc(C(=O)OC)c(F)c3)cnc2OCC(F)F)ccn1. The van der Waals surface area contributed by atoms with Gasteiger partial charge in [-0.25, -0.2) is 32.9 Å². The molecule has 0 aliphatic rings. The lowest BCUT2D eigenvalue weighted by Gasteiger charge is -2.13. The molecule has 0 N–H and O–H groups in total. The normalized spacial score (nSPS) is 10.8. The van der Waals surface area contributed by atoms with Gasteiger partial charge in [0.25, 0.3) is 6.43 Å². The number of alkyl halides is 2. The highest BCUT2D eigenvalue weighted by Gasteiger charge is 2.16. The number of aromatic nitrogens is 3. The van der Waals surface area contributed by atoms with Crippen LogP contribution in [0.5, 0.6) is 11.8 Å². The molecule has 0 aromatic carbocycles. The molecule has 0 saturated carbocycles. The fraction of sp³-hybridized carbons (Fsp3) is 0.273. The van der Waals surface area contributed by atoms with Crippen molar-refractivity contribution < 1.29 is 32.2 Å². The van der Waals surface area contributed by atoms with Gasteiger partial charge < -0.3 is 14.2 Å². The summed E-state index contributed by atoms with van der Waals surface area (Å²) in [7, 11) is 1.14. The van der Waals surface area contributed by atoms with Crippen LogP contribution in [-0.2, 0) is 11.2 Å². The molecular weight excluding hydrogens is 427 g/mol. The molecule has 0 aliphatic heterocycles. The summed E-state index contributed by atoms with van der Waals surface area (Å²) in [5, 5.41) is 0. The summed E-state index contributed by atoms with van der Waals surface area (Å²) in [5.41, 5.74) is 1.77. The van der Waals surface area contributed by atoms with E-state index in [0.29, 0.717) is 34.7 Å². The van der Waals surface area contributed by atoms with E-state index < -0.39 is 30.5 Å². The van der Waals surface area contributed by atoms with E-state index in [0.717, 1.165) is 7.11 Å². The first kappa shape index (κ1) is 23.0. The van der Waals surface area contributed by atoms with Crippen molar-refractivity contribution in [2.24, 2.45) is 0 Å². The molecule has 3 heterocycles. The molecule has 7 nitrogen and oxygen atoms in total. The third-order valence-electron chi connectivity index (χ3n) is 4.28. The molecule has 0 aliphatic carbocycles. The number of hydrogen-bond acceptors (Lipinski definition) is 7. The number of halogens is 3. The van der Waals surface area contributed by atoms with Crippen LogP contribution in [-0.4, -0.2) is 47.7 Å². The number of methoxy groups -OCH3 is 1. The maximum Gasteiger partial charge on any atom is 0.359 e. The summed E-state index contributed by atoms with van der Waals surface area (Å²) >= 11 is 0. The first-order valence-corrected chi connectivity index (χ1v) is 9.63. The van der Waals surface area contributed by atoms with Crippen molar-refractivity contribution in [1.29, 1.82) is 0 Å². The largest absolute Gasteiger partial charge is 0.478 e. The number of carbonyl (C=O) groups is 1. The van der Waals surface area contributed by atoms with E-state index in [1.165, 1.54) is 24.7 Å². The van der Waals surface area contributed by atoms with Crippen LogP contribution in [0.2, 0.25) is 0 Å². The maximum absolute atomic E-state index is 14.2. The lowest BCUT2D eigenvalue weighted by Crippen LogP contribution is -2.09. The Bertz CT molecular complexity index is 1100. The number of carbonyl (C=O) groups excluding carboxylic acids is 1. The predicted octanol–water partition coefficient (Wildman–Crippen LogP) is 4.10. The van der Waals surface area contributed by atoms with Gasteiger partial charge in [0.15, 0.2) is 18.1 Å². The van der Waals surface area contributed by atoms with Crippen molar-refractivity contribution in [3.8, 4) is 22.9 Å². The van der Waals surface area contributed by atoms with Crippen LogP contribution in [0.3, 0.4) is 0 Å². The fourth-order valence-electron chi connectivity index (χ4n) is 2.92. The first-order valence-electron chi connectivity index (χ1n) is 9.63. The molecule has 0 bridgehead atoms. The minimum absolute atomic E-state index is 0.0213. The zero-order valence-electron chi connectivity index (χ0n) is 17.3. The number of rotatable bonds is 9. The molecule has 0 radical (unpaired) electrons. The van der Waals surface area contributed by atoms with E-state index in [9.17, 15) is 18.0 Å². The second-order valence-corrected chi connectivity index (χ2v) is 6.56. The van der Waals surface area contributed by atoms with Crippen molar-refractivity contribution in [2.45, 2.75) is 19.8 Å². The smallest absolute Gasteiger partial charge is 0.359 e. The molecule has 3 aromatic heterocycles. The summed E-state index contributed by atoms with van der Waals surface area (Å²) in [6, 6.07) is 6.20. The molecule has 0 unspecified atom stereocenters. The summed E-state index contributed by atoms with van der Waals surface area (Å²) in [6.45, 7) is 1.41. The number of hydrogen-bond donors (Lipinski definition) is 0. The highest BCUT2D eigenvalue weighted by molar-refractivity contribution is 5.87. The Morgan fingerprint density at radius 1 is 1.06 bits per heavy atom. The Morgan fingerprint density at radius 3 is 2.50 bits per heavy atom. The average Bonchev–Trinajstić information content (AvgIpc) is 2.78. The highest BCUT2D eigenvalue weighted by atomic mass is 19.3. The van der Waals surface area contributed by atoms with Crippen LogP contribution < -0.4 is 9.47 Å². The van der Waals surface area contributed by atoms with Gasteiger partial charge in [-0.1, -0.05) is 0 Å². The van der Waals surface area contributed by atoms with Crippen molar-refractivity contribution in [2.75, 3.05) is 20.3 Å². The van der Waals surface area contributed by atoms with Gasteiger partial charge in [0, 0.05) is 36.6 Å². The summed E-state index contributed by atoms with van der Waals surface area (Å²) < 4.78 is 54.6. The van der Waals surface area contributed by atoms with E-state index in [-0.39, 0.29) is 12.3 Å². The monoisotopic (exact) mass is 447 g/mol. The molecule has 32 heavy (non-hydrogen) atoms. The lowest BCUT2D eigenvalue weighted by molar-refractivity contribution is 0.0588. The highest BCUT2D eigenvalue weighted by Crippen LogP contribution is 2.31. The zero-order chi connectivity index (χ0) is 23.1. The first-order chi connectivity index (χ1) is 15.4. The van der Waals surface area contributed by atoms with Crippen molar-refractivity contribution >= 4 is 5.97 Å². The number of esters is 1. The van der Waals surface area contributed by atoms with E-state index >= 15 is 0 Å². The average molecular weight is 447 g/mol. The van der Waals surface area contributed by atoms with Gasteiger partial charge in [-0.2, -0.15) is 0 Å². The molecule has 168 valence electrons. The van der Waals surface area contributed by atoms with E-state index in [4.69, 9.17) is 9.47 Å². The van der Waals surface area contributed by atoms with Crippen LogP contribution >= 0.6 is 0 Å². The number of pyridine rings is 3. The minimum Gasteiger partial charge on any atom is -0.478 e. The van der Waals surface area contributed by atoms with Gasteiger partial charge in [0.1, 0.15) is 0 Å². The number of ether oxygens (including phenoxy) is 3. The fourth-order valence-corrected chi connectivity index (χ4v) is 2.92. The summed E-state index contributed by atoms with van der Waals surface area (Å²) in [6.07, 6.45) is 1.89. The van der Waals surface area contributed by atoms with Crippen LogP contribution in [0.1, 0.15) is 28.5 Å². The Balaban J connectivity index is 1.94. The van der Waals surface area contributed by atoms with Crippen molar-refractivity contribution in [3.05, 3.63) is 65.5 Å². The van der Waals surface area contributed by atoms with Crippen LogP contribution in [0, 0.1) is 5.82 Å². The van der Waals surface area contributed by atoms with Crippen LogP contribution in [0.15, 0.2) is 42.9 Å². The third kappa shape index (κ3) is 5.71. The molecular formula is C22H20F3N3O4. The van der Waals surface area contributed by atoms with Crippen LogP contribution in [0.4, 0.5) is 13.2 Å². The van der Waals surface area contributed by atoms with Crippen LogP contribution in [0.25, 0.3) is 11.1 Å². The molecule has 0 amide bonds. The quantitative estimate of drug-likeness (QED) is 0.457. The Morgan fingerprint density at radius 2 is 1.81 bits per heavy atom. The second-order valence-electron chi connectivity index (χ2n) is 6.56. The summed E-state index contributed by atoms with van der Waals surface area (Å²) in [4.78, 5) is 23.6. The molecule has 0 fully saturated rings. The van der Waals surface area contributed by atoms with Gasteiger partial charge in [0.05, 0.1) is 13.7 Å². The molecule has 0 atom stereocenters. The topological polar surface area (TPSA) is 83.4 Å². The second kappa shape index (κ2) is 10.6. The van der Waals surface area contributed by atoms with Gasteiger partial charge in [-0.15, -0.1) is 0 Å². The Hall–Kier alpha value is -3.69. The van der Waals surface area contributed by atoms with E-state index in [1.807, 2.05) is 6.92 Å². The standard InChI is InChI=1S/C22H20F3N3O4/c1-3-31-19-9-15(4-5-26-19)16-7-13(11-28-21(16)32-12-18(24)25)6-14-8-17(23)20(27-10-14)22(29)30-2/h4-5,7-11,18H,3,6,12H2,1-2H3. The molecule has 3 aromatic rings. The molecule has 0 spiro atoms. The Labute approximate surface area is 182 Å². The van der Waals surface area contributed by atoms with E-state index in [1.54, 1.807) is 18.2 Å². The van der Waals surface area contributed by atoms with Gasteiger partial charge in [0.2, 0.25) is 11.8 Å². The molecule has 3 rings (SSSR count). The molecule has 10 heteroatoms. The number of nitrogens with zero attached hydrogens (tertiary/aromatic N) is 3. The molecule has 0 saturated heterocycles. The predicted molar refractivity (Wildman–Crippen MR) is 108 cm³/mol. The maximum atomic E-state index is 14.2. The van der Waals surface area contributed by atoms with E-state index in [2.05, 4.69) is 19.7 Å². The lowest BCUT2D eigenvalue weighted by atomic mass is 10.0. The third-order valence-corrected chi connectivity index (χ3v) is 4.28. The van der Waals surface area contributed by atoms with Gasteiger partial charge in [-0.3, -0.25) is 0 Å². The van der Waals surface area contributed by atoms with Gasteiger partial charge in [-0.05, 0) is 41.8 Å². The van der Waals surface area contributed by atoms with Gasteiger partial charge >= 0.3 is 5.97 Å². The Kier molecular flexibility index (Phi) is 7.58. The minimum atomic E-state index is -2.66. The summed E-state index contributed by atoms with van der Waals surface area (Å²) in [5.74, 6) is -1.30. The van der Waals surface area contributed by atoms with Crippen molar-refractivity contribution in [1.82, 2.24) is 15.0 Å².